The molecule has 0 heterocycles. The Balaban J connectivity index is 3.07. The number of esters is 1. The first kappa shape index (κ1) is 21.9. The van der Waals surface area contributed by atoms with Crippen LogP contribution in [0.2, 0.25) is 0 Å². The molecule has 0 atom stereocenters. The molecule has 0 unspecified atom stereocenters. The van der Waals surface area contributed by atoms with Crippen molar-refractivity contribution in [1.82, 2.24) is 0 Å². The van der Waals surface area contributed by atoms with E-state index in [0.717, 1.165) is 0 Å². The van der Waals surface area contributed by atoms with Crippen LogP contribution in [0.15, 0.2) is 12.1 Å². The highest BCUT2D eigenvalue weighted by Crippen LogP contribution is 2.24. The first-order valence-corrected chi connectivity index (χ1v) is 8.69. The predicted molar refractivity (Wildman–Crippen MR) is 99.9 cm³/mol. The summed E-state index contributed by atoms with van der Waals surface area (Å²) in [6.45, 7) is 14.0. The molecule has 0 spiro atoms. The third-order valence-electron chi connectivity index (χ3n) is 3.31. The maximum absolute atomic E-state index is 13.9. The average Bonchev–Trinajstić information content (AvgIpc) is 2.40. The van der Waals surface area contributed by atoms with Crippen LogP contribution in [-0.4, -0.2) is 29.8 Å². The van der Waals surface area contributed by atoms with Crippen molar-refractivity contribution < 1.29 is 23.5 Å². The predicted octanol–water partition coefficient (Wildman–Crippen LogP) is 4.92. The molecule has 0 bridgehead atoms. The van der Waals surface area contributed by atoms with E-state index in [2.05, 4.69) is 0 Å². The molecule has 1 amide bonds. The zero-order valence-corrected chi connectivity index (χ0v) is 17.0. The van der Waals surface area contributed by atoms with E-state index in [1.807, 2.05) is 0 Å². The molecule has 0 saturated heterocycles. The number of amides is 1. The minimum atomic E-state index is -0.689. The van der Waals surface area contributed by atoms with Crippen LogP contribution in [0.5, 0.6) is 0 Å². The van der Waals surface area contributed by atoms with Gasteiger partial charge in [0.2, 0.25) is 0 Å². The lowest BCUT2D eigenvalue weighted by atomic mass is 10.1. The van der Waals surface area contributed by atoms with Crippen LogP contribution < -0.4 is 4.90 Å². The molecule has 0 aliphatic heterocycles. The minimum Gasteiger partial charge on any atom is -0.460 e. The van der Waals surface area contributed by atoms with Crippen LogP contribution in [0.3, 0.4) is 0 Å². The van der Waals surface area contributed by atoms with Crippen LogP contribution in [-0.2, 0) is 14.3 Å². The number of aryl methyl sites for hydroxylation is 2. The van der Waals surface area contributed by atoms with Gasteiger partial charge < -0.3 is 9.47 Å². The van der Waals surface area contributed by atoms with Crippen LogP contribution in [0.4, 0.5) is 14.9 Å². The van der Waals surface area contributed by atoms with Crippen LogP contribution in [0.25, 0.3) is 0 Å². The van der Waals surface area contributed by atoms with Crippen molar-refractivity contribution in [2.75, 3.05) is 11.4 Å². The number of ether oxygens (including phenoxy) is 2. The monoisotopic (exact) mass is 367 g/mol. The van der Waals surface area contributed by atoms with Gasteiger partial charge in [-0.15, -0.1) is 0 Å². The molecule has 0 saturated carbocycles. The van der Waals surface area contributed by atoms with Gasteiger partial charge in [-0.25, -0.2) is 9.18 Å². The van der Waals surface area contributed by atoms with E-state index >= 15 is 0 Å². The Hall–Kier alpha value is -2.11. The summed E-state index contributed by atoms with van der Waals surface area (Å²) in [5.41, 5.74) is 0.0401. The number of carbonyl (C=O) groups excluding carboxylic acids is 2. The molecule has 0 fully saturated rings. The van der Waals surface area contributed by atoms with E-state index in [-0.39, 0.29) is 18.8 Å². The first-order valence-electron chi connectivity index (χ1n) is 8.69. The molecule has 6 heteroatoms. The van der Waals surface area contributed by atoms with Gasteiger partial charge in [0.15, 0.2) is 0 Å². The average molecular weight is 367 g/mol. The molecule has 0 N–H and O–H groups in total. The summed E-state index contributed by atoms with van der Waals surface area (Å²) in [4.78, 5) is 26.0. The van der Waals surface area contributed by atoms with E-state index in [4.69, 9.17) is 9.47 Å². The van der Waals surface area contributed by atoms with Gasteiger partial charge in [-0.2, -0.15) is 0 Å². The zero-order valence-electron chi connectivity index (χ0n) is 17.0. The zero-order chi connectivity index (χ0) is 20.3. The highest BCUT2D eigenvalue weighted by atomic mass is 19.1. The summed E-state index contributed by atoms with van der Waals surface area (Å²) in [6.07, 6.45) is -0.585. The molecule has 5 nitrogen and oxygen atoms in total. The van der Waals surface area contributed by atoms with Crippen LogP contribution in [0, 0.1) is 19.7 Å². The Morgan fingerprint density at radius 1 is 0.962 bits per heavy atom. The highest BCUT2D eigenvalue weighted by molar-refractivity contribution is 5.89. The molecule has 0 aliphatic rings. The van der Waals surface area contributed by atoms with Crippen molar-refractivity contribution in [3.05, 3.63) is 29.1 Å². The van der Waals surface area contributed by atoms with Crippen molar-refractivity contribution in [1.29, 1.82) is 0 Å². The second-order valence-corrected chi connectivity index (χ2v) is 8.36. The number of halogens is 1. The molecular weight excluding hydrogens is 337 g/mol. The van der Waals surface area contributed by atoms with Gasteiger partial charge in [0.25, 0.3) is 0 Å². The summed E-state index contributed by atoms with van der Waals surface area (Å²) in [5.74, 6) is -0.730. The minimum absolute atomic E-state index is 0.00594. The van der Waals surface area contributed by atoms with Gasteiger partial charge in [-0.3, -0.25) is 9.69 Å². The Morgan fingerprint density at radius 3 is 1.85 bits per heavy atom. The molecule has 1 aromatic carbocycles. The molecule has 0 radical (unpaired) electrons. The van der Waals surface area contributed by atoms with E-state index in [9.17, 15) is 14.0 Å². The Morgan fingerprint density at radius 2 is 1.42 bits per heavy atom. The van der Waals surface area contributed by atoms with Gasteiger partial charge in [-0.1, -0.05) is 0 Å². The second-order valence-electron chi connectivity index (χ2n) is 8.36. The first-order chi connectivity index (χ1) is 11.7. The van der Waals surface area contributed by atoms with Crippen molar-refractivity contribution in [3.63, 3.8) is 0 Å². The molecule has 0 aliphatic carbocycles. The Kier molecular flexibility index (Phi) is 6.80. The lowest BCUT2D eigenvalue weighted by molar-refractivity contribution is -0.154. The molecule has 146 valence electrons. The summed E-state index contributed by atoms with van der Waals surface area (Å²) in [7, 11) is 0. The molecule has 1 aromatic rings. The fraction of sp³-hybridized carbons (Fsp3) is 0.600. The number of rotatable bonds is 4. The van der Waals surface area contributed by atoms with Crippen molar-refractivity contribution in [2.45, 2.75) is 73.0 Å². The van der Waals surface area contributed by atoms with Gasteiger partial charge >= 0.3 is 12.1 Å². The largest absolute Gasteiger partial charge is 0.460 e. The van der Waals surface area contributed by atoms with Crippen molar-refractivity contribution >= 4 is 17.7 Å². The van der Waals surface area contributed by atoms with E-state index in [0.29, 0.717) is 16.8 Å². The molecule has 26 heavy (non-hydrogen) atoms. The van der Waals surface area contributed by atoms with E-state index in [1.165, 1.54) is 4.90 Å². The normalized spacial score (nSPS) is 11.9. The number of carbonyl (C=O) groups is 2. The SMILES string of the molecule is Cc1cc(N(CCC(=O)OC(C)(C)C)C(=O)OC(C)(C)C)cc(C)c1F. The van der Waals surface area contributed by atoms with Gasteiger partial charge in [0, 0.05) is 12.2 Å². The van der Waals surface area contributed by atoms with Gasteiger partial charge in [0.1, 0.15) is 17.0 Å². The summed E-state index contributed by atoms with van der Waals surface area (Å²) < 4.78 is 24.7. The number of nitrogens with zero attached hydrogens (tertiary/aromatic N) is 1. The summed E-state index contributed by atoms with van der Waals surface area (Å²) in [6, 6.07) is 3.14. The summed E-state index contributed by atoms with van der Waals surface area (Å²) >= 11 is 0. The fourth-order valence-corrected chi connectivity index (χ4v) is 2.32. The van der Waals surface area contributed by atoms with Crippen molar-refractivity contribution in [3.8, 4) is 0 Å². The highest BCUT2D eigenvalue weighted by Gasteiger charge is 2.26. The Labute approximate surface area is 155 Å². The lowest BCUT2D eigenvalue weighted by Crippen LogP contribution is -2.39. The third kappa shape index (κ3) is 7.02. The van der Waals surface area contributed by atoms with Crippen molar-refractivity contribution in [2.24, 2.45) is 0 Å². The second kappa shape index (κ2) is 8.06. The maximum atomic E-state index is 13.9. The Bertz CT molecular complexity index is 648. The van der Waals surface area contributed by atoms with Gasteiger partial charge in [0.05, 0.1) is 6.42 Å². The smallest absolute Gasteiger partial charge is 0.414 e. The van der Waals surface area contributed by atoms with Crippen LogP contribution >= 0.6 is 0 Å². The number of hydrogen-bond donors (Lipinski definition) is 0. The number of benzene rings is 1. The third-order valence-corrected chi connectivity index (χ3v) is 3.31. The van der Waals surface area contributed by atoms with Crippen LogP contribution in [0.1, 0.15) is 59.1 Å². The topological polar surface area (TPSA) is 55.8 Å². The van der Waals surface area contributed by atoms with E-state index < -0.39 is 23.3 Å². The fourth-order valence-electron chi connectivity index (χ4n) is 2.32. The molecule has 0 aromatic heterocycles. The lowest BCUT2D eigenvalue weighted by Gasteiger charge is -2.28. The maximum Gasteiger partial charge on any atom is 0.414 e. The quantitative estimate of drug-likeness (QED) is 0.709. The molecule has 1 rings (SSSR count). The van der Waals surface area contributed by atoms with E-state index in [1.54, 1.807) is 67.5 Å². The van der Waals surface area contributed by atoms with Gasteiger partial charge in [-0.05, 0) is 78.6 Å². The standard InChI is InChI=1S/C20H30FNO4/c1-13-11-15(12-14(2)17(13)21)22(18(24)26-20(6,7)8)10-9-16(23)25-19(3,4)5/h11-12H,9-10H2,1-8H3. The summed E-state index contributed by atoms with van der Waals surface area (Å²) in [5, 5.41) is 0. The number of hydrogen-bond acceptors (Lipinski definition) is 4. The molecular formula is C20H30FNO4. The number of anilines is 1.